The summed E-state index contributed by atoms with van der Waals surface area (Å²) in [5, 5.41) is 14.3. The summed E-state index contributed by atoms with van der Waals surface area (Å²) < 4.78 is 13.2. The third-order valence-electron chi connectivity index (χ3n) is 4.22. The SMILES string of the molecule is C[C@H](NC(=O)CCCc1nnc(C(=O)Nc2cccc(F)c2)s1)c1ccccc1. The number of anilines is 1. The van der Waals surface area contributed by atoms with Gasteiger partial charge in [0.05, 0.1) is 6.04 Å². The smallest absolute Gasteiger partial charge is 0.286 e. The zero-order valence-electron chi connectivity index (χ0n) is 15.9. The van der Waals surface area contributed by atoms with Gasteiger partial charge in [0.1, 0.15) is 10.8 Å². The average Bonchev–Trinajstić information content (AvgIpc) is 3.18. The van der Waals surface area contributed by atoms with E-state index in [-0.39, 0.29) is 17.0 Å². The molecule has 0 aliphatic heterocycles. The standard InChI is InChI=1S/C21H21FN4O2S/c1-14(15-7-3-2-4-8-15)23-18(27)11-6-12-19-25-26-21(29-19)20(28)24-17-10-5-9-16(22)13-17/h2-5,7-10,13-14H,6,11-12H2,1H3,(H,23,27)(H,24,28)/t14-/m0/s1. The maximum Gasteiger partial charge on any atom is 0.286 e. The fourth-order valence-corrected chi connectivity index (χ4v) is 3.51. The van der Waals surface area contributed by atoms with Crippen molar-refractivity contribution in [3.05, 3.63) is 76.0 Å². The summed E-state index contributed by atoms with van der Waals surface area (Å²) in [6.07, 6.45) is 1.52. The van der Waals surface area contributed by atoms with Crippen molar-refractivity contribution in [2.45, 2.75) is 32.2 Å². The maximum atomic E-state index is 13.2. The van der Waals surface area contributed by atoms with Crippen molar-refractivity contribution in [2.24, 2.45) is 0 Å². The first-order chi connectivity index (χ1) is 14.0. The highest BCUT2D eigenvalue weighted by atomic mass is 32.1. The van der Waals surface area contributed by atoms with E-state index in [1.54, 1.807) is 6.07 Å². The van der Waals surface area contributed by atoms with Crippen LogP contribution in [0.4, 0.5) is 10.1 Å². The molecule has 150 valence electrons. The number of carbonyl (C=O) groups excluding carboxylic acids is 2. The number of benzene rings is 2. The predicted octanol–water partition coefficient (Wildman–Crippen LogP) is 4.13. The Morgan fingerprint density at radius 1 is 1.10 bits per heavy atom. The summed E-state index contributed by atoms with van der Waals surface area (Å²) in [4.78, 5) is 24.3. The predicted molar refractivity (Wildman–Crippen MR) is 110 cm³/mol. The van der Waals surface area contributed by atoms with E-state index in [1.165, 1.54) is 29.5 Å². The molecule has 0 spiro atoms. The van der Waals surface area contributed by atoms with Crippen LogP contribution in [0.1, 0.15) is 46.2 Å². The topological polar surface area (TPSA) is 84.0 Å². The molecule has 0 fully saturated rings. The number of nitrogens with one attached hydrogen (secondary N) is 2. The number of nitrogens with zero attached hydrogens (tertiary/aromatic N) is 2. The molecule has 2 amide bonds. The van der Waals surface area contributed by atoms with E-state index >= 15 is 0 Å². The number of aromatic nitrogens is 2. The van der Waals surface area contributed by atoms with E-state index in [9.17, 15) is 14.0 Å². The summed E-state index contributed by atoms with van der Waals surface area (Å²) in [6.45, 7) is 1.95. The summed E-state index contributed by atoms with van der Waals surface area (Å²) in [5.41, 5.74) is 1.41. The van der Waals surface area contributed by atoms with E-state index in [0.29, 0.717) is 30.0 Å². The van der Waals surface area contributed by atoms with Crippen LogP contribution in [0.2, 0.25) is 0 Å². The summed E-state index contributed by atoms with van der Waals surface area (Å²) >= 11 is 1.17. The van der Waals surface area contributed by atoms with Crippen molar-refractivity contribution < 1.29 is 14.0 Å². The number of hydrogen-bond acceptors (Lipinski definition) is 5. The molecule has 3 rings (SSSR count). The average molecular weight is 412 g/mol. The van der Waals surface area contributed by atoms with Crippen LogP contribution in [0.5, 0.6) is 0 Å². The minimum Gasteiger partial charge on any atom is -0.350 e. The summed E-state index contributed by atoms with van der Waals surface area (Å²) in [6, 6.07) is 15.4. The minimum absolute atomic E-state index is 0.0325. The molecule has 1 heterocycles. The summed E-state index contributed by atoms with van der Waals surface area (Å²) in [5.74, 6) is -0.899. The van der Waals surface area contributed by atoms with E-state index in [2.05, 4.69) is 20.8 Å². The fourth-order valence-electron chi connectivity index (χ4n) is 2.74. The molecular weight excluding hydrogens is 391 g/mol. The Labute approximate surface area is 172 Å². The number of aryl methyl sites for hydroxylation is 1. The van der Waals surface area contributed by atoms with Gasteiger partial charge < -0.3 is 10.6 Å². The Kier molecular flexibility index (Phi) is 7.02. The highest BCUT2D eigenvalue weighted by Gasteiger charge is 2.14. The Morgan fingerprint density at radius 3 is 2.66 bits per heavy atom. The summed E-state index contributed by atoms with van der Waals surface area (Å²) in [7, 11) is 0. The second kappa shape index (κ2) is 9.88. The Hall–Kier alpha value is -3.13. The van der Waals surface area contributed by atoms with Crippen LogP contribution in [0, 0.1) is 5.82 Å². The molecule has 2 N–H and O–H groups in total. The van der Waals surface area contributed by atoms with Crippen LogP contribution < -0.4 is 10.6 Å². The van der Waals surface area contributed by atoms with Crippen LogP contribution in [0.3, 0.4) is 0 Å². The number of rotatable bonds is 8. The lowest BCUT2D eigenvalue weighted by Crippen LogP contribution is -2.26. The molecule has 0 unspecified atom stereocenters. The van der Waals surface area contributed by atoms with Gasteiger partial charge in [0.15, 0.2) is 0 Å². The number of carbonyl (C=O) groups is 2. The quantitative estimate of drug-likeness (QED) is 0.583. The monoisotopic (exact) mass is 412 g/mol. The van der Waals surface area contributed by atoms with Gasteiger partial charge in [-0.3, -0.25) is 9.59 Å². The van der Waals surface area contributed by atoms with Crippen LogP contribution in [0.25, 0.3) is 0 Å². The number of halogens is 1. The van der Waals surface area contributed by atoms with Crippen LogP contribution >= 0.6 is 11.3 Å². The number of amides is 2. The highest BCUT2D eigenvalue weighted by Crippen LogP contribution is 2.16. The first-order valence-electron chi connectivity index (χ1n) is 9.25. The van der Waals surface area contributed by atoms with Crippen molar-refractivity contribution >= 4 is 28.8 Å². The van der Waals surface area contributed by atoms with Crippen LogP contribution in [0.15, 0.2) is 54.6 Å². The van der Waals surface area contributed by atoms with Crippen molar-refractivity contribution in [1.82, 2.24) is 15.5 Å². The van der Waals surface area contributed by atoms with Crippen molar-refractivity contribution in [1.29, 1.82) is 0 Å². The molecule has 0 saturated heterocycles. The molecule has 0 radical (unpaired) electrons. The van der Waals surface area contributed by atoms with Gasteiger partial charge in [-0.15, -0.1) is 10.2 Å². The minimum atomic E-state index is -0.436. The molecule has 29 heavy (non-hydrogen) atoms. The van der Waals surface area contributed by atoms with Gasteiger partial charge in [-0.05, 0) is 37.1 Å². The zero-order valence-corrected chi connectivity index (χ0v) is 16.7. The highest BCUT2D eigenvalue weighted by molar-refractivity contribution is 7.13. The number of hydrogen-bond donors (Lipinski definition) is 2. The largest absolute Gasteiger partial charge is 0.350 e. The molecule has 1 aromatic heterocycles. The molecule has 0 aliphatic rings. The van der Waals surface area contributed by atoms with Crippen molar-refractivity contribution in [3.8, 4) is 0 Å². The van der Waals surface area contributed by atoms with Gasteiger partial charge in [0.25, 0.3) is 5.91 Å². The molecule has 0 bridgehead atoms. The lowest BCUT2D eigenvalue weighted by atomic mass is 10.1. The molecule has 6 nitrogen and oxygen atoms in total. The lowest BCUT2D eigenvalue weighted by molar-refractivity contribution is -0.121. The first kappa shape index (κ1) is 20.6. The van der Waals surface area contributed by atoms with Crippen LogP contribution in [-0.4, -0.2) is 22.0 Å². The second-order valence-electron chi connectivity index (χ2n) is 6.52. The molecule has 0 saturated carbocycles. The molecule has 8 heteroatoms. The van der Waals surface area contributed by atoms with E-state index in [0.717, 1.165) is 5.56 Å². The van der Waals surface area contributed by atoms with E-state index in [1.807, 2.05) is 37.3 Å². The van der Waals surface area contributed by atoms with Gasteiger partial charge in [-0.25, -0.2) is 4.39 Å². The van der Waals surface area contributed by atoms with Gasteiger partial charge >= 0.3 is 0 Å². The van der Waals surface area contributed by atoms with Gasteiger partial charge in [0.2, 0.25) is 10.9 Å². The maximum absolute atomic E-state index is 13.2. The molecule has 3 aromatic rings. The second-order valence-corrected chi connectivity index (χ2v) is 7.58. The Morgan fingerprint density at radius 2 is 1.90 bits per heavy atom. The Bertz CT molecular complexity index is 978. The van der Waals surface area contributed by atoms with E-state index in [4.69, 9.17) is 0 Å². The zero-order chi connectivity index (χ0) is 20.6. The normalized spacial score (nSPS) is 11.7. The van der Waals surface area contributed by atoms with Gasteiger partial charge in [0, 0.05) is 18.5 Å². The third-order valence-corrected chi connectivity index (χ3v) is 5.20. The van der Waals surface area contributed by atoms with Crippen LogP contribution in [-0.2, 0) is 11.2 Å². The van der Waals surface area contributed by atoms with Gasteiger partial charge in [-0.2, -0.15) is 0 Å². The molecule has 0 aliphatic carbocycles. The van der Waals surface area contributed by atoms with Gasteiger partial charge in [-0.1, -0.05) is 47.7 Å². The fraction of sp³-hybridized carbons (Fsp3) is 0.238. The molecular formula is C21H21FN4O2S. The van der Waals surface area contributed by atoms with Crippen molar-refractivity contribution in [3.63, 3.8) is 0 Å². The molecule has 1 atom stereocenters. The van der Waals surface area contributed by atoms with E-state index < -0.39 is 11.7 Å². The Balaban J connectivity index is 1.44. The van der Waals surface area contributed by atoms with Crippen molar-refractivity contribution in [2.75, 3.05) is 5.32 Å². The third kappa shape index (κ3) is 6.18. The molecule has 2 aromatic carbocycles. The first-order valence-corrected chi connectivity index (χ1v) is 10.1. The lowest BCUT2D eigenvalue weighted by Gasteiger charge is -2.14.